The number of rotatable bonds is 3. The Morgan fingerprint density at radius 2 is 2.09 bits per heavy atom. The summed E-state index contributed by atoms with van der Waals surface area (Å²) in [6.07, 6.45) is 0.280. The van der Waals surface area contributed by atoms with Crippen molar-refractivity contribution in [3.63, 3.8) is 0 Å². The molecule has 0 unspecified atom stereocenters. The maximum atomic E-state index is 12.1. The lowest BCUT2D eigenvalue weighted by Crippen LogP contribution is -2.36. The SMILES string of the molecule is COc1cc(C#N)ccc1O[C@@H]1CCN(C(=O)OC(C)(C)C)C1. The van der Waals surface area contributed by atoms with Gasteiger partial charge >= 0.3 is 6.09 Å². The fourth-order valence-electron chi connectivity index (χ4n) is 2.33. The van der Waals surface area contributed by atoms with Gasteiger partial charge in [0.2, 0.25) is 0 Å². The van der Waals surface area contributed by atoms with Gasteiger partial charge < -0.3 is 19.1 Å². The van der Waals surface area contributed by atoms with Crippen LogP contribution in [0.4, 0.5) is 4.79 Å². The number of nitrogens with zero attached hydrogens (tertiary/aromatic N) is 2. The van der Waals surface area contributed by atoms with E-state index in [4.69, 9.17) is 19.5 Å². The number of amides is 1. The van der Waals surface area contributed by atoms with Crippen molar-refractivity contribution in [2.75, 3.05) is 20.2 Å². The van der Waals surface area contributed by atoms with E-state index in [1.807, 2.05) is 20.8 Å². The van der Waals surface area contributed by atoms with Gasteiger partial charge in [0.15, 0.2) is 11.5 Å². The second kappa shape index (κ2) is 6.78. The van der Waals surface area contributed by atoms with Gasteiger partial charge in [0.05, 0.1) is 25.3 Å². The van der Waals surface area contributed by atoms with Gasteiger partial charge in [0.1, 0.15) is 11.7 Å². The number of hydrogen-bond acceptors (Lipinski definition) is 5. The van der Waals surface area contributed by atoms with Crippen molar-refractivity contribution >= 4 is 6.09 Å². The molecule has 23 heavy (non-hydrogen) atoms. The van der Waals surface area contributed by atoms with Gasteiger partial charge in [-0.2, -0.15) is 5.26 Å². The van der Waals surface area contributed by atoms with Crippen LogP contribution in [-0.4, -0.2) is 42.9 Å². The molecular formula is C17H22N2O4. The van der Waals surface area contributed by atoms with Gasteiger partial charge in [0, 0.05) is 19.0 Å². The molecule has 1 saturated heterocycles. The van der Waals surface area contributed by atoms with Crippen molar-refractivity contribution < 1.29 is 19.0 Å². The number of likely N-dealkylation sites (tertiary alicyclic amines) is 1. The van der Waals surface area contributed by atoms with Gasteiger partial charge in [-0.1, -0.05) is 0 Å². The van der Waals surface area contributed by atoms with Crippen LogP contribution in [0, 0.1) is 11.3 Å². The quantitative estimate of drug-likeness (QED) is 0.857. The zero-order valence-electron chi connectivity index (χ0n) is 14.0. The molecule has 0 spiro atoms. The molecule has 124 valence electrons. The number of nitriles is 1. The molecule has 0 N–H and O–H groups in total. The minimum Gasteiger partial charge on any atom is -0.493 e. The summed E-state index contributed by atoms with van der Waals surface area (Å²) < 4.78 is 16.5. The second-order valence-corrected chi connectivity index (χ2v) is 6.43. The highest BCUT2D eigenvalue weighted by Crippen LogP contribution is 2.30. The van der Waals surface area contributed by atoms with Crippen LogP contribution in [0.25, 0.3) is 0 Å². The normalized spacial score (nSPS) is 17.5. The Morgan fingerprint density at radius 1 is 1.35 bits per heavy atom. The fourth-order valence-corrected chi connectivity index (χ4v) is 2.33. The van der Waals surface area contributed by atoms with E-state index in [0.717, 1.165) is 6.42 Å². The molecule has 1 atom stereocenters. The summed E-state index contributed by atoms with van der Waals surface area (Å²) in [6.45, 7) is 6.60. The standard InChI is InChI=1S/C17H22N2O4/c1-17(2,3)23-16(20)19-8-7-13(11-19)22-14-6-5-12(10-18)9-15(14)21-4/h5-6,9,13H,7-8,11H2,1-4H3/t13-/m1/s1. The van der Waals surface area contributed by atoms with Crippen molar-refractivity contribution in [1.29, 1.82) is 5.26 Å². The first kappa shape index (κ1) is 16.9. The number of benzene rings is 1. The predicted molar refractivity (Wildman–Crippen MR) is 84.5 cm³/mol. The van der Waals surface area contributed by atoms with Crippen molar-refractivity contribution in [2.24, 2.45) is 0 Å². The average molecular weight is 318 g/mol. The van der Waals surface area contributed by atoms with E-state index >= 15 is 0 Å². The van der Waals surface area contributed by atoms with Crippen molar-refractivity contribution in [3.8, 4) is 17.6 Å². The van der Waals surface area contributed by atoms with Crippen molar-refractivity contribution in [1.82, 2.24) is 4.90 Å². The molecule has 0 radical (unpaired) electrons. The first-order valence-corrected chi connectivity index (χ1v) is 7.55. The minimum absolute atomic E-state index is 0.121. The molecule has 1 aliphatic rings. The van der Waals surface area contributed by atoms with E-state index in [2.05, 4.69) is 6.07 Å². The Labute approximate surface area is 136 Å². The van der Waals surface area contributed by atoms with Gasteiger partial charge in [0.25, 0.3) is 0 Å². The molecule has 6 heteroatoms. The van der Waals surface area contributed by atoms with E-state index in [1.54, 1.807) is 23.1 Å². The molecule has 0 bridgehead atoms. The Bertz CT molecular complexity index is 616. The third-order valence-electron chi connectivity index (χ3n) is 3.38. The average Bonchev–Trinajstić information content (AvgIpc) is 2.94. The highest BCUT2D eigenvalue weighted by atomic mass is 16.6. The molecule has 1 aromatic carbocycles. The second-order valence-electron chi connectivity index (χ2n) is 6.43. The summed E-state index contributed by atoms with van der Waals surface area (Å²) in [7, 11) is 1.53. The van der Waals surface area contributed by atoms with E-state index < -0.39 is 5.60 Å². The minimum atomic E-state index is -0.508. The fraction of sp³-hybridized carbons (Fsp3) is 0.529. The number of carbonyl (C=O) groups is 1. The van der Waals surface area contributed by atoms with Gasteiger partial charge in [-0.05, 0) is 32.9 Å². The van der Waals surface area contributed by atoms with Crippen LogP contribution in [0.3, 0.4) is 0 Å². The number of hydrogen-bond donors (Lipinski definition) is 0. The van der Waals surface area contributed by atoms with Gasteiger partial charge in [-0.25, -0.2) is 4.79 Å². The van der Waals surface area contributed by atoms with E-state index in [0.29, 0.717) is 30.2 Å². The lowest BCUT2D eigenvalue weighted by Gasteiger charge is -2.24. The molecule has 0 saturated carbocycles. The van der Waals surface area contributed by atoms with Crippen LogP contribution < -0.4 is 9.47 Å². The molecule has 1 fully saturated rings. The van der Waals surface area contributed by atoms with Crippen LogP contribution in [0.2, 0.25) is 0 Å². The Morgan fingerprint density at radius 3 is 2.70 bits per heavy atom. The summed E-state index contributed by atoms with van der Waals surface area (Å²) in [6, 6.07) is 7.09. The first-order chi connectivity index (χ1) is 10.8. The number of methoxy groups -OCH3 is 1. The molecule has 0 aliphatic carbocycles. The van der Waals surface area contributed by atoms with Gasteiger partial charge in [-0.15, -0.1) is 0 Å². The molecule has 1 aliphatic heterocycles. The summed E-state index contributed by atoms with van der Waals surface area (Å²) in [5.41, 5.74) is 0.00262. The van der Waals surface area contributed by atoms with Crippen molar-refractivity contribution in [2.45, 2.75) is 38.9 Å². The zero-order chi connectivity index (χ0) is 17.0. The van der Waals surface area contributed by atoms with Gasteiger partial charge in [-0.3, -0.25) is 0 Å². The topological polar surface area (TPSA) is 71.8 Å². The number of carbonyl (C=O) groups excluding carboxylic acids is 1. The van der Waals surface area contributed by atoms with E-state index in [1.165, 1.54) is 7.11 Å². The van der Waals surface area contributed by atoms with E-state index in [-0.39, 0.29) is 12.2 Å². The molecule has 1 heterocycles. The third-order valence-corrected chi connectivity index (χ3v) is 3.38. The summed E-state index contributed by atoms with van der Waals surface area (Å²) in [4.78, 5) is 13.7. The molecule has 0 aromatic heterocycles. The Kier molecular flexibility index (Phi) is 4.99. The molecule has 6 nitrogen and oxygen atoms in total. The van der Waals surface area contributed by atoms with Crippen LogP contribution in [-0.2, 0) is 4.74 Å². The monoisotopic (exact) mass is 318 g/mol. The smallest absolute Gasteiger partial charge is 0.410 e. The summed E-state index contributed by atoms with van der Waals surface area (Å²) >= 11 is 0. The third kappa shape index (κ3) is 4.52. The maximum absolute atomic E-state index is 12.1. The van der Waals surface area contributed by atoms with Crippen LogP contribution in [0.1, 0.15) is 32.8 Å². The summed E-state index contributed by atoms with van der Waals surface area (Å²) in [5, 5.41) is 8.92. The largest absolute Gasteiger partial charge is 0.493 e. The molecule has 1 amide bonds. The molecular weight excluding hydrogens is 296 g/mol. The highest BCUT2D eigenvalue weighted by Gasteiger charge is 2.31. The first-order valence-electron chi connectivity index (χ1n) is 7.55. The van der Waals surface area contributed by atoms with Crippen LogP contribution in [0.5, 0.6) is 11.5 Å². The van der Waals surface area contributed by atoms with Crippen molar-refractivity contribution in [3.05, 3.63) is 23.8 Å². The number of ether oxygens (including phenoxy) is 3. The van der Waals surface area contributed by atoms with Crippen LogP contribution in [0.15, 0.2) is 18.2 Å². The lowest BCUT2D eigenvalue weighted by atomic mass is 10.2. The lowest BCUT2D eigenvalue weighted by molar-refractivity contribution is 0.0275. The Balaban J connectivity index is 1.98. The van der Waals surface area contributed by atoms with E-state index in [9.17, 15) is 4.79 Å². The molecule has 2 rings (SSSR count). The molecule has 1 aromatic rings. The highest BCUT2D eigenvalue weighted by molar-refractivity contribution is 5.68. The predicted octanol–water partition coefficient (Wildman–Crippen LogP) is 2.96. The summed E-state index contributed by atoms with van der Waals surface area (Å²) in [5.74, 6) is 1.09. The van der Waals surface area contributed by atoms with Crippen LogP contribution >= 0.6 is 0 Å². The maximum Gasteiger partial charge on any atom is 0.410 e. The zero-order valence-corrected chi connectivity index (χ0v) is 14.0. The Hall–Kier alpha value is -2.42.